The summed E-state index contributed by atoms with van der Waals surface area (Å²) in [6, 6.07) is 8.03. The lowest BCUT2D eigenvalue weighted by atomic mass is 10.1. The third kappa shape index (κ3) is 2.84. The average molecular weight is 273 g/mol. The Morgan fingerprint density at radius 1 is 1.26 bits per heavy atom. The molecule has 19 heavy (non-hydrogen) atoms. The summed E-state index contributed by atoms with van der Waals surface area (Å²) in [5.41, 5.74) is 11.4. The molecule has 0 amide bonds. The highest BCUT2D eigenvalue weighted by Crippen LogP contribution is 2.15. The molecular formula is C15H19N3S. The average Bonchev–Trinajstić information content (AvgIpc) is 2.64. The molecule has 0 atom stereocenters. The van der Waals surface area contributed by atoms with Crippen molar-refractivity contribution in [3.05, 3.63) is 52.3 Å². The molecule has 2 rings (SSSR count). The Labute approximate surface area is 119 Å². The maximum Gasteiger partial charge on any atom is 0.103 e. The van der Waals surface area contributed by atoms with Gasteiger partial charge >= 0.3 is 0 Å². The second-order valence-electron chi connectivity index (χ2n) is 4.72. The van der Waals surface area contributed by atoms with Crippen molar-refractivity contribution in [2.24, 2.45) is 5.73 Å². The maximum atomic E-state index is 5.60. The van der Waals surface area contributed by atoms with Crippen LogP contribution in [0.3, 0.4) is 0 Å². The van der Waals surface area contributed by atoms with Crippen molar-refractivity contribution in [2.75, 3.05) is 0 Å². The van der Waals surface area contributed by atoms with Crippen LogP contribution in [-0.4, -0.2) is 14.8 Å². The molecule has 0 saturated heterocycles. The highest BCUT2D eigenvalue weighted by molar-refractivity contribution is 7.80. The van der Waals surface area contributed by atoms with Crippen LogP contribution in [0.2, 0.25) is 0 Å². The van der Waals surface area contributed by atoms with Crippen LogP contribution in [0.5, 0.6) is 0 Å². The largest absolute Gasteiger partial charge is 0.389 e. The Balaban J connectivity index is 2.24. The van der Waals surface area contributed by atoms with E-state index < -0.39 is 0 Å². The van der Waals surface area contributed by atoms with Crippen molar-refractivity contribution in [1.29, 1.82) is 0 Å². The summed E-state index contributed by atoms with van der Waals surface area (Å²) in [6.45, 7) is 7.14. The summed E-state index contributed by atoms with van der Waals surface area (Å²) in [6.07, 6.45) is 1.03. The summed E-state index contributed by atoms with van der Waals surface area (Å²) in [4.78, 5) is 0.436. The first-order valence-corrected chi connectivity index (χ1v) is 6.85. The van der Waals surface area contributed by atoms with Gasteiger partial charge in [0.15, 0.2) is 0 Å². The van der Waals surface area contributed by atoms with Gasteiger partial charge in [0, 0.05) is 11.3 Å². The second-order valence-corrected chi connectivity index (χ2v) is 5.16. The molecule has 0 saturated carbocycles. The number of aromatic nitrogens is 2. The number of benzene rings is 1. The fourth-order valence-electron chi connectivity index (χ4n) is 2.35. The van der Waals surface area contributed by atoms with E-state index in [0.717, 1.165) is 24.2 Å². The van der Waals surface area contributed by atoms with Gasteiger partial charge in [-0.1, -0.05) is 43.4 Å². The van der Waals surface area contributed by atoms with Crippen molar-refractivity contribution in [3.63, 3.8) is 0 Å². The lowest BCUT2D eigenvalue weighted by molar-refractivity contribution is 0.658. The zero-order valence-electron chi connectivity index (χ0n) is 11.6. The molecular weight excluding hydrogens is 254 g/mol. The van der Waals surface area contributed by atoms with E-state index in [1.165, 1.54) is 16.8 Å². The van der Waals surface area contributed by atoms with Crippen molar-refractivity contribution >= 4 is 17.2 Å². The third-order valence-electron chi connectivity index (χ3n) is 3.46. The van der Waals surface area contributed by atoms with E-state index in [1.807, 2.05) is 12.1 Å². The normalized spacial score (nSPS) is 10.7. The molecule has 0 radical (unpaired) electrons. The van der Waals surface area contributed by atoms with E-state index in [9.17, 15) is 0 Å². The number of thiocarbonyl (C=S) groups is 1. The highest BCUT2D eigenvalue weighted by atomic mass is 32.1. The first-order chi connectivity index (χ1) is 9.02. The fraction of sp³-hybridized carbons (Fsp3) is 0.333. The number of nitrogens with two attached hydrogens (primary N) is 1. The van der Waals surface area contributed by atoms with E-state index in [1.54, 1.807) is 0 Å². The molecule has 3 nitrogen and oxygen atoms in total. The van der Waals surface area contributed by atoms with Gasteiger partial charge in [-0.3, -0.25) is 4.68 Å². The van der Waals surface area contributed by atoms with Crippen LogP contribution in [0, 0.1) is 13.8 Å². The first-order valence-electron chi connectivity index (χ1n) is 6.44. The molecule has 0 aliphatic rings. The minimum Gasteiger partial charge on any atom is -0.389 e. The number of nitrogens with zero attached hydrogens (tertiary/aromatic N) is 2. The topological polar surface area (TPSA) is 43.8 Å². The summed E-state index contributed by atoms with van der Waals surface area (Å²) < 4.78 is 2.06. The molecule has 0 fully saturated rings. The Bertz CT molecular complexity index is 597. The van der Waals surface area contributed by atoms with E-state index in [2.05, 4.69) is 42.7 Å². The molecule has 100 valence electrons. The van der Waals surface area contributed by atoms with Gasteiger partial charge in [0.25, 0.3) is 0 Å². The summed E-state index contributed by atoms with van der Waals surface area (Å²) in [5, 5.41) is 4.60. The predicted octanol–water partition coefficient (Wildman–Crippen LogP) is 2.74. The number of hydrogen-bond donors (Lipinski definition) is 1. The van der Waals surface area contributed by atoms with Crippen LogP contribution in [0.15, 0.2) is 24.3 Å². The van der Waals surface area contributed by atoms with Crippen molar-refractivity contribution in [2.45, 2.75) is 33.7 Å². The second kappa shape index (κ2) is 5.53. The lowest BCUT2D eigenvalue weighted by Gasteiger charge is -2.06. The Morgan fingerprint density at radius 3 is 2.37 bits per heavy atom. The zero-order valence-corrected chi connectivity index (χ0v) is 12.4. The Hall–Kier alpha value is -1.68. The summed E-state index contributed by atoms with van der Waals surface area (Å²) in [7, 11) is 0. The van der Waals surface area contributed by atoms with Gasteiger partial charge in [-0.15, -0.1) is 0 Å². The standard InChI is InChI=1S/C15H19N3S/c1-4-14-10(2)17-18(11(14)3)9-12-5-7-13(8-6-12)15(16)19/h5-8H,4,9H2,1-3H3,(H2,16,19). The molecule has 4 heteroatoms. The molecule has 1 aromatic carbocycles. The molecule has 0 unspecified atom stereocenters. The van der Waals surface area contributed by atoms with Gasteiger partial charge < -0.3 is 5.73 Å². The van der Waals surface area contributed by atoms with Crippen LogP contribution < -0.4 is 5.73 Å². The Morgan fingerprint density at radius 2 is 1.89 bits per heavy atom. The maximum absolute atomic E-state index is 5.60. The predicted molar refractivity (Wildman–Crippen MR) is 82.5 cm³/mol. The van der Waals surface area contributed by atoms with Crippen molar-refractivity contribution < 1.29 is 0 Å². The molecule has 1 aromatic heterocycles. The molecule has 0 spiro atoms. The van der Waals surface area contributed by atoms with Gasteiger partial charge in [0.1, 0.15) is 4.99 Å². The van der Waals surface area contributed by atoms with Gasteiger partial charge in [-0.05, 0) is 31.4 Å². The van der Waals surface area contributed by atoms with Crippen LogP contribution in [0.4, 0.5) is 0 Å². The smallest absolute Gasteiger partial charge is 0.103 e. The fourth-order valence-corrected chi connectivity index (χ4v) is 2.48. The van der Waals surface area contributed by atoms with Crippen molar-refractivity contribution in [3.8, 4) is 0 Å². The minimum atomic E-state index is 0.436. The summed E-state index contributed by atoms with van der Waals surface area (Å²) >= 11 is 4.95. The number of rotatable bonds is 4. The first kappa shape index (κ1) is 13.7. The molecule has 0 bridgehead atoms. The van der Waals surface area contributed by atoms with Gasteiger partial charge in [-0.25, -0.2) is 0 Å². The highest BCUT2D eigenvalue weighted by Gasteiger charge is 2.09. The quantitative estimate of drug-likeness (QED) is 0.871. The van der Waals surface area contributed by atoms with E-state index >= 15 is 0 Å². The van der Waals surface area contributed by atoms with Crippen LogP contribution in [-0.2, 0) is 13.0 Å². The van der Waals surface area contributed by atoms with Crippen LogP contribution in [0.1, 0.15) is 35.0 Å². The monoisotopic (exact) mass is 273 g/mol. The van der Waals surface area contributed by atoms with Crippen LogP contribution >= 0.6 is 12.2 Å². The molecule has 0 aliphatic heterocycles. The number of aryl methyl sites for hydroxylation is 1. The van der Waals surface area contributed by atoms with E-state index in [0.29, 0.717) is 4.99 Å². The minimum absolute atomic E-state index is 0.436. The summed E-state index contributed by atoms with van der Waals surface area (Å²) in [5.74, 6) is 0. The lowest BCUT2D eigenvalue weighted by Crippen LogP contribution is -2.09. The third-order valence-corrected chi connectivity index (χ3v) is 3.69. The molecule has 0 aliphatic carbocycles. The number of hydrogen-bond acceptors (Lipinski definition) is 2. The SMILES string of the molecule is CCc1c(C)nn(Cc2ccc(C(N)=S)cc2)c1C. The Kier molecular flexibility index (Phi) is 4.00. The molecule has 2 N–H and O–H groups in total. The van der Waals surface area contributed by atoms with Gasteiger partial charge in [0.05, 0.1) is 12.2 Å². The van der Waals surface area contributed by atoms with Gasteiger partial charge in [0.2, 0.25) is 0 Å². The van der Waals surface area contributed by atoms with E-state index in [4.69, 9.17) is 18.0 Å². The molecule has 2 aromatic rings. The van der Waals surface area contributed by atoms with Crippen molar-refractivity contribution in [1.82, 2.24) is 9.78 Å². The van der Waals surface area contributed by atoms with Crippen LogP contribution in [0.25, 0.3) is 0 Å². The van der Waals surface area contributed by atoms with Gasteiger partial charge in [-0.2, -0.15) is 5.10 Å². The van der Waals surface area contributed by atoms with E-state index in [-0.39, 0.29) is 0 Å². The zero-order chi connectivity index (χ0) is 14.0. The molecule has 1 heterocycles.